The largest absolute Gasteiger partial charge is 0.375 e. The lowest BCUT2D eigenvalue weighted by Crippen LogP contribution is -2.45. The van der Waals surface area contributed by atoms with Crippen molar-refractivity contribution in [3.05, 3.63) is 0 Å². The maximum Gasteiger partial charge on any atom is 0.224 e. The van der Waals surface area contributed by atoms with Crippen LogP contribution in [0.25, 0.3) is 0 Å². The fraction of sp³-hybridized carbons (Fsp3) is 0.889. The monoisotopic (exact) mass is 250 g/mol. The van der Waals surface area contributed by atoms with Crippen LogP contribution >= 0.6 is 0 Å². The number of amides is 1. The third-order valence-corrected chi connectivity index (χ3v) is 3.03. The molecule has 1 aliphatic rings. The Morgan fingerprint density at radius 1 is 1.56 bits per heavy atom. The van der Waals surface area contributed by atoms with Gasteiger partial charge in [0.15, 0.2) is 0 Å². The topological polar surface area (TPSA) is 75.7 Å². The maximum absolute atomic E-state index is 11.7. The molecular weight excluding hydrogens is 232 g/mol. The predicted octanol–water partition coefficient (Wildman–Crippen LogP) is -0.827. The number of morpholine rings is 1. The molecule has 1 amide bonds. The van der Waals surface area contributed by atoms with Gasteiger partial charge in [0.2, 0.25) is 15.9 Å². The van der Waals surface area contributed by atoms with E-state index < -0.39 is 10.0 Å². The highest BCUT2D eigenvalue weighted by Crippen LogP contribution is 2.05. The molecule has 0 aromatic heterocycles. The van der Waals surface area contributed by atoms with Crippen molar-refractivity contribution < 1.29 is 17.9 Å². The van der Waals surface area contributed by atoms with Gasteiger partial charge in [-0.1, -0.05) is 0 Å². The number of carbonyl (C=O) groups excluding carboxylic acids is 1. The van der Waals surface area contributed by atoms with Gasteiger partial charge in [0.05, 0.1) is 19.0 Å². The van der Waals surface area contributed by atoms with E-state index in [1.807, 2.05) is 6.92 Å². The first-order valence-corrected chi connectivity index (χ1v) is 7.11. The molecule has 1 atom stereocenters. The lowest BCUT2D eigenvalue weighted by atomic mass is 10.2. The standard InChI is InChI=1S/C9H18N2O4S/c1-8-7-11(5-6-15-8)9(12)3-4-10-16(2,13)14/h8,10H,3-7H2,1-2H3/t8-/m0/s1. The van der Waals surface area contributed by atoms with E-state index in [-0.39, 0.29) is 25.0 Å². The van der Waals surface area contributed by atoms with Crippen LogP contribution in [0.5, 0.6) is 0 Å². The molecule has 1 aliphatic heterocycles. The van der Waals surface area contributed by atoms with Crippen LogP contribution in [0.4, 0.5) is 0 Å². The van der Waals surface area contributed by atoms with E-state index in [9.17, 15) is 13.2 Å². The van der Waals surface area contributed by atoms with Gasteiger partial charge in [-0.3, -0.25) is 4.79 Å². The third kappa shape index (κ3) is 4.91. The van der Waals surface area contributed by atoms with E-state index >= 15 is 0 Å². The highest BCUT2D eigenvalue weighted by atomic mass is 32.2. The third-order valence-electron chi connectivity index (χ3n) is 2.30. The highest BCUT2D eigenvalue weighted by molar-refractivity contribution is 7.88. The first kappa shape index (κ1) is 13.4. The van der Waals surface area contributed by atoms with Crippen molar-refractivity contribution in [2.75, 3.05) is 32.5 Å². The molecule has 0 aliphatic carbocycles. The SMILES string of the molecule is C[C@H]1CN(C(=O)CCNS(C)(=O)=O)CCO1. The number of hydrogen-bond donors (Lipinski definition) is 1. The Bertz CT molecular complexity index is 341. The van der Waals surface area contributed by atoms with Crippen LogP contribution in [-0.2, 0) is 19.6 Å². The maximum atomic E-state index is 11.7. The number of sulfonamides is 1. The Morgan fingerprint density at radius 2 is 2.25 bits per heavy atom. The van der Waals surface area contributed by atoms with Crippen LogP contribution in [0.15, 0.2) is 0 Å². The summed E-state index contributed by atoms with van der Waals surface area (Å²) in [7, 11) is -3.21. The van der Waals surface area contributed by atoms with Crippen molar-refractivity contribution in [1.82, 2.24) is 9.62 Å². The molecule has 0 saturated carbocycles. The average Bonchev–Trinajstić information content (AvgIpc) is 2.15. The second-order valence-corrected chi connectivity index (χ2v) is 5.77. The van der Waals surface area contributed by atoms with Gasteiger partial charge in [0.25, 0.3) is 0 Å². The summed E-state index contributed by atoms with van der Waals surface area (Å²) in [6.45, 7) is 3.78. The summed E-state index contributed by atoms with van der Waals surface area (Å²) in [4.78, 5) is 13.4. The van der Waals surface area contributed by atoms with Crippen LogP contribution in [0.3, 0.4) is 0 Å². The highest BCUT2D eigenvalue weighted by Gasteiger charge is 2.20. The second kappa shape index (κ2) is 5.60. The molecule has 1 fully saturated rings. The van der Waals surface area contributed by atoms with E-state index in [2.05, 4.69) is 4.72 Å². The molecule has 6 nitrogen and oxygen atoms in total. The summed E-state index contributed by atoms with van der Waals surface area (Å²) in [5.41, 5.74) is 0. The number of carbonyl (C=O) groups is 1. The molecule has 0 radical (unpaired) electrons. The average molecular weight is 250 g/mol. The van der Waals surface area contributed by atoms with E-state index in [1.54, 1.807) is 4.90 Å². The first-order valence-electron chi connectivity index (χ1n) is 5.22. The summed E-state index contributed by atoms with van der Waals surface area (Å²) in [5.74, 6) is -0.0358. The number of nitrogens with zero attached hydrogens (tertiary/aromatic N) is 1. The molecule has 1 N–H and O–H groups in total. The van der Waals surface area contributed by atoms with Crippen LogP contribution < -0.4 is 4.72 Å². The van der Waals surface area contributed by atoms with E-state index in [0.717, 1.165) is 6.26 Å². The molecule has 1 heterocycles. The quantitative estimate of drug-likeness (QED) is 0.707. The lowest BCUT2D eigenvalue weighted by Gasteiger charge is -2.31. The predicted molar refractivity (Wildman–Crippen MR) is 59.5 cm³/mol. The zero-order valence-electron chi connectivity index (χ0n) is 9.60. The minimum absolute atomic E-state index is 0.0358. The molecule has 1 rings (SSSR count). The minimum atomic E-state index is -3.21. The van der Waals surface area contributed by atoms with Gasteiger partial charge in [0, 0.05) is 26.1 Å². The zero-order chi connectivity index (χ0) is 12.2. The van der Waals surface area contributed by atoms with Gasteiger partial charge in [-0.25, -0.2) is 13.1 Å². The Kier molecular flexibility index (Phi) is 4.69. The van der Waals surface area contributed by atoms with Crippen molar-refractivity contribution in [2.24, 2.45) is 0 Å². The molecule has 0 aromatic rings. The van der Waals surface area contributed by atoms with Gasteiger partial charge < -0.3 is 9.64 Å². The number of rotatable bonds is 4. The summed E-state index contributed by atoms with van der Waals surface area (Å²) in [6.07, 6.45) is 1.33. The Balaban J connectivity index is 2.29. The van der Waals surface area contributed by atoms with Gasteiger partial charge >= 0.3 is 0 Å². The number of hydrogen-bond acceptors (Lipinski definition) is 4. The number of ether oxygens (including phenoxy) is 1. The molecule has 0 spiro atoms. The van der Waals surface area contributed by atoms with Crippen molar-refractivity contribution in [3.63, 3.8) is 0 Å². The van der Waals surface area contributed by atoms with Crippen LogP contribution in [0.1, 0.15) is 13.3 Å². The van der Waals surface area contributed by atoms with E-state index in [0.29, 0.717) is 19.7 Å². The Hall–Kier alpha value is -0.660. The summed E-state index contributed by atoms with van der Waals surface area (Å²) in [5, 5.41) is 0. The van der Waals surface area contributed by atoms with Gasteiger partial charge in [-0.05, 0) is 6.92 Å². The molecule has 1 saturated heterocycles. The molecule has 0 bridgehead atoms. The molecule has 94 valence electrons. The fourth-order valence-corrected chi connectivity index (χ4v) is 2.02. The van der Waals surface area contributed by atoms with Crippen LogP contribution in [0.2, 0.25) is 0 Å². The van der Waals surface area contributed by atoms with Gasteiger partial charge in [0.1, 0.15) is 0 Å². The Labute approximate surface area is 96.0 Å². The van der Waals surface area contributed by atoms with E-state index in [4.69, 9.17) is 4.74 Å². The Morgan fingerprint density at radius 3 is 2.81 bits per heavy atom. The smallest absolute Gasteiger partial charge is 0.224 e. The molecule has 7 heteroatoms. The summed E-state index contributed by atoms with van der Waals surface area (Å²) >= 11 is 0. The van der Waals surface area contributed by atoms with E-state index in [1.165, 1.54) is 0 Å². The lowest BCUT2D eigenvalue weighted by molar-refractivity contribution is -0.137. The number of nitrogens with one attached hydrogen (secondary N) is 1. The van der Waals surface area contributed by atoms with Crippen molar-refractivity contribution in [1.29, 1.82) is 0 Å². The van der Waals surface area contributed by atoms with Gasteiger partial charge in [-0.15, -0.1) is 0 Å². The zero-order valence-corrected chi connectivity index (χ0v) is 10.4. The second-order valence-electron chi connectivity index (χ2n) is 3.94. The van der Waals surface area contributed by atoms with Crippen molar-refractivity contribution in [2.45, 2.75) is 19.4 Å². The summed E-state index contributed by atoms with van der Waals surface area (Å²) in [6, 6.07) is 0. The van der Waals surface area contributed by atoms with Crippen LogP contribution in [0, 0.1) is 0 Å². The molecule has 16 heavy (non-hydrogen) atoms. The normalized spacial score (nSPS) is 22.1. The first-order chi connectivity index (χ1) is 7.38. The van der Waals surface area contributed by atoms with Crippen molar-refractivity contribution >= 4 is 15.9 Å². The molecular formula is C9H18N2O4S. The molecule has 0 unspecified atom stereocenters. The summed E-state index contributed by atoms with van der Waals surface area (Å²) < 4.78 is 29.2. The van der Waals surface area contributed by atoms with Crippen molar-refractivity contribution in [3.8, 4) is 0 Å². The minimum Gasteiger partial charge on any atom is -0.375 e. The van der Waals surface area contributed by atoms with Crippen LogP contribution in [-0.4, -0.2) is 57.8 Å². The molecule has 0 aromatic carbocycles. The van der Waals surface area contributed by atoms with Gasteiger partial charge in [-0.2, -0.15) is 0 Å². The fourth-order valence-electron chi connectivity index (χ4n) is 1.55.